The van der Waals surface area contributed by atoms with E-state index in [4.69, 9.17) is 14.6 Å². The van der Waals surface area contributed by atoms with Crippen LogP contribution in [0, 0.1) is 0 Å². The highest BCUT2D eigenvalue weighted by Crippen LogP contribution is 2.37. The molecule has 0 radical (unpaired) electrons. The molecule has 1 aromatic rings. The number of thioether (sulfide) groups is 1. The second kappa shape index (κ2) is 7.39. The van der Waals surface area contributed by atoms with Crippen LogP contribution < -0.4 is 9.47 Å². The van der Waals surface area contributed by atoms with E-state index >= 15 is 0 Å². The number of carbonyl (C=O) groups is 2. The van der Waals surface area contributed by atoms with Gasteiger partial charge in [0.2, 0.25) is 0 Å². The van der Waals surface area contributed by atoms with Crippen molar-refractivity contribution in [3.05, 3.63) is 28.7 Å². The largest absolute Gasteiger partial charge is 0.493 e. The first-order valence-corrected chi connectivity index (χ1v) is 7.91. The molecule has 1 amide bonds. The minimum Gasteiger partial charge on any atom is -0.493 e. The lowest BCUT2D eigenvalue weighted by atomic mass is 10.1. The zero-order valence-corrected chi connectivity index (χ0v) is 14.6. The van der Waals surface area contributed by atoms with Gasteiger partial charge in [0.25, 0.3) is 5.91 Å². The first kappa shape index (κ1) is 17.9. The fraction of sp³-hybridized carbons (Fsp3) is 0.312. The molecule has 2 rings (SSSR count). The van der Waals surface area contributed by atoms with Crippen molar-refractivity contribution in [2.75, 3.05) is 21.2 Å². The monoisotopic (exact) mass is 350 g/mol. The summed E-state index contributed by atoms with van der Waals surface area (Å²) in [4.78, 5) is 29.3. The molecule has 1 aliphatic rings. The van der Waals surface area contributed by atoms with Gasteiger partial charge in [-0.15, -0.1) is 0 Å². The van der Waals surface area contributed by atoms with E-state index < -0.39 is 12.1 Å². The van der Waals surface area contributed by atoms with Crippen molar-refractivity contribution in [2.45, 2.75) is 13.0 Å². The van der Waals surface area contributed by atoms with Gasteiger partial charge in [-0.1, -0.05) is 12.1 Å². The quantitative estimate of drug-likeness (QED) is 0.818. The first-order chi connectivity index (χ1) is 11.4. The molecule has 0 saturated carbocycles. The Morgan fingerprint density at radius 1 is 1.46 bits per heavy atom. The van der Waals surface area contributed by atoms with E-state index in [1.807, 2.05) is 0 Å². The van der Waals surface area contributed by atoms with Crippen LogP contribution in [0.5, 0.6) is 11.5 Å². The van der Waals surface area contributed by atoms with Crippen LogP contribution in [0.1, 0.15) is 12.5 Å². The van der Waals surface area contributed by atoms with Crippen molar-refractivity contribution in [1.82, 2.24) is 4.90 Å². The first-order valence-electron chi connectivity index (χ1n) is 7.09. The number of benzene rings is 1. The van der Waals surface area contributed by atoms with Gasteiger partial charge in [0.15, 0.2) is 22.8 Å². The third kappa shape index (κ3) is 3.53. The van der Waals surface area contributed by atoms with Crippen LogP contribution in [-0.4, -0.2) is 54.4 Å². The van der Waals surface area contributed by atoms with Crippen molar-refractivity contribution >= 4 is 34.9 Å². The molecule has 0 aromatic heterocycles. The number of hydrogen-bond donors (Lipinski definition) is 1. The van der Waals surface area contributed by atoms with Crippen molar-refractivity contribution in [1.29, 1.82) is 0 Å². The number of carbonyl (C=O) groups excluding carboxylic acids is 1. The Morgan fingerprint density at radius 2 is 2.17 bits per heavy atom. The molecule has 0 unspecified atom stereocenters. The molecule has 1 fully saturated rings. The molecule has 7 nitrogen and oxygen atoms in total. The second-order valence-corrected chi connectivity index (χ2v) is 5.97. The Bertz CT molecular complexity index is 729. The van der Waals surface area contributed by atoms with E-state index in [9.17, 15) is 9.59 Å². The summed E-state index contributed by atoms with van der Waals surface area (Å²) in [6.07, 6.45) is 0.592. The summed E-state index contributed by atoms with van der Waals surface area (Å²) in [6.45, 7) is 1.43. The zero-order chi connectivity index (χ0) is 17.9. The summed E-state index contributed by atoms with van der Waals surface area (Å²) in [5.74, 6) is -0.599. The standard InChI is InChI=1S/C16H18N2O5S/c1-9(15(20)21)23-13-10(6-5-7-11(13)22-4)8-12-14(19)18(3)16(17-2)24-12/h5-9H,1-4H3,(H,20,21)/b12-8-,17-16?/t9-/m0/s1. The predicted octanol–water partition coefficient (Wildman–Crippen LogP) is 2.08. The van der Waals surface area contributed by atoms with Crippen LogP contribution in [0.4, 0.5) is 0 Å². The SMILES string of the molecule is CN=C1S/C(=C\c2cccc(OC)c2O[C@@H](C)C(=O)O)C(=O)N1C. The van der Waals surface area contributed by atoms with Crippen LogP contribution in [0.2, 0.25) is 0 Å². The van der Waals surface area contributed by atoms with E-state index in [2.05, 4.69) is 4.99 Å². The Hall–Kier alpha value is -2.48. The smallest absolute Gasteiger partial charge is 0.344 e. The van der Waals surface area contributed by atoms with Crippen LogP contribution in [0.15, 0.2) is 28.1 Å². The van der Waals surface area contributed by atoms with E-state index in [0.29, 0.717) is 21.4 Å². The van der Waals surface area contributed by atoms with Crippen LogP contribution in [0.25, 0.3) is 6.08 Å². The number of nitrogens with zero attached hydrogens (tertiary/aromatic N) is 2. The number of carboxylic acid groups (broad SMARTS) is 1. The number of aliphatic imine (C=N–C) groups is 1. The fourth-order valence-corrected chi connectivity index (χ4v) is 2.97. The number of amides is 1. The summed E-state index contributed by atoms with van der Waals surface area (Å²) < 4.78 is 10.8. The van der Waals surface area contributed by atoms with E-state index in [1.54, 1.807) is 38.4 Å². The van der Waals surface area contributed by atoms with Gasteiger partial charge >= 0.3 is 5.97 Å². The molecule has 24 heavy (non-hydrogen) atoms. The number of para-hydroxylation sites is 1. The number of likely N-dealkylation sites (N-methyl/N-ethyl adjacent to an activating group) is 1. The zero-order valence-electron chi connectivity index (χ0n) is 13.8. The number of aliphatic carboxylic acids is 1. The van der Waals surface area contributed by atoms with Gasteiger partial charge in [0, 0.05) is 19.7 Å². The number of carboxylic acids is 1. The molecule has 1 saturated heterocycles. The molecule has 1 heterocycles. The van der Waals surface area contributed by atoms with E-state index in [1.165, 1.54) is 30.7 Å². The fourth-order valence-electron chi connectivity index (χ4n) is 2.05. The number of ether oxygens (including phenoxy) is 2. The molecule has 1 aromatic carbocycles. The Balaban J connectivity index is 2.45. The van der Waals surface area contributed by atoms with Gasteiger partial charge in [0.1, 0.15) is 0 Å². The highest BCUT2D eigenvalue weighted by Gasteiger charge is 2.30. The minimum atomic E-state index is -1.09. The summed E-state index contributed by atoms with van der Waals surface area (Å²) in [7, 11) is 4.73. The van der Waals surface area contributed by atoms with Gasteiger partial charge < -0.3 is 14.6 Å². The highest BCUT2D eigenvalue weighted by atomic mass is 32.2. The Kier molecular flexibility index (Phi) is 5.50. The molecule has 0 aliphatic carbocycles. The average molecular weight is 350 g/mol. The lowest BCUT2D eigenvalue weighted by Gasteiger charge is -2.16. The van der Waals surface area contributed by atoms with Gasteiger partial charge in [-0.05, 0) is 30.8 Å². The molecular formula is C16H18N2O5S. The summed E-state index contributed by atoms with van der Waals surface area (Å²) in [6, 6.07) is 5.14. The van der Waals surface area contributed by atoms with E-state index in [0.717, 1.165) is 0 Å². The third-order valence-corrected chi connectivity index (χ3v) is 4.50. The minimum absolute atomic E-state index is 0.180. The molecule has 128 valence electrons. The molecule has 0 spiro atoms. The maximum atomic E-state index is 12.3. The lowest BCUT2D eigenvalue weighted by Crippen LogP contribution is -2.24. The molecule has 0 bridgehead atoms. The number of hydrogen-bond acceptors (Lipinski definition) is 6. The predicted molar refractivity (Wildman–Crippen MR) is 92.4 cm³/mol. The molecule has 1 atom stereocenters. The van der Waals surface area contributed by atoms with Crippen LogP contribution in [-0.2, 0) is 9.59 Å². The van der Waals surface area contributed by atoms with Crippen molar-refractivity contribution < 1.29 is 24.2 Å². The normalized spacial score (nSPS) is 19.0. The molecule has 1 aliphatic heterocycles. The maximum Gasteiger partial charge on any atom is 0.344 e. The summed E-state index contributed by atoms with van der Waals surface area (Å²) >= 11 is 1.24. The third-order valence-electron chi connectivity index (χ3n) is 3.35. The van der Waals surface area contributed by atoms with Gasteiger partial charge in [-0.25, -0.2) is 4.79 Å². The molecule has 8 heteroatoms. The number of methoxy groups -OCH3 is 1. The molecular weight excluding hydrogens is 332 g/mol. The van der Waals surface area contributed by atoms with Gasteiger partial charge in [-0.3, -0.25) is 14.7 Å². The number of rotatable bonds is 5. The Labute approximate surface area is 144 Å². The highest BCUT2D eigenvalue weighted by molar-refractivity contribution is 8.18. The average Bonchev–Trinajstić information content (AvgIpc) is 2.83. The maximum absolute atomic E-state index is 12.3. The van der Waals surface area contributed by atoms with Crippen LogP contribution in [0.3, 0.4) is 0 Å². The van der Waals surface area contributed by atoms with Crippen molar-refractivity contribution in [3.63, 3.8) is 0 Å². The topological polar surface area (TPSA) is 88.4 Å². The number of amidine groups is 1. The Morgan fingerprint density at radius 3 is 2.71 bits per heavy atom. The second-order valence-electron chi connectivity index (χ2n) is 4.96. The van der Waals surface area contributed by atoms with Crippen LogP contribution >= 0.6 is 11.8 Å². The van der Waals surface area contributed by atoms with Crippen molar-refractivity contribution in [2.24, 2.45) is 4.99 Å². The summed E-state index contributed by atoms with van der Waals surface area (Å²) in [5, 5.41) is 9.66. The lowest BCUT2D eigenvalue weighted by molar-refractivity contribution is -0.144. The van der Waals surface area contributed by atoms with E-state index in [-0.39, 0.29) is 11.7 Å². The van der Waals surface area contributed by atoms with Crippen molar-refractivity contribution in [3.8, 4) is 11.5 Å². The van der Waals surface area contributed by atoms with Gasteiger partial charge in [-0.2, -0.15) is 0 Å². The molecule has 1 N–H and O–H groups in total. The summed E-state index contributed by atoms with van der Waals surface area (Å²) in [5.41, 5.74) is 0.559. The van der Waals surface area contributed by atoms with Gasteiger partial charge in [0.05, 0.1) is 12.0 Å².